The summed E-state index contributed by atoms with van der Waals surface area (Å²) in [5.41, 5.74) is 0.599. The van der Waals surface area contributed by atoms with Crippen LogP contribution in [0.4, 0.5) is 0 Å². The maximum absolute atomic E-state index is 10.8. The van der Waals surface area contributed by atoms with E-state index in [1.165, 1.54) is 6.20 Å². The van der Waals surface area contributed by atoms with Crippen LogP contribution in [-0.2, 0) is 11.3 Å². The first kappa shape index (κ1) is 11.6. The third kappa shape index (κ3) is 3.28. The Morgan fingerprint density at radius 1 is 1.60 bits per heavy atom. The third-order valence-corrected chi connectivity index (χ3v) is 1.80. The molecule has 1 aromatic heterocycles. The molecule has 1 heterocycles. The van der Waals surface area contributed by atoms with Crippen molar-refractivity contribution in [2.75, 3.05) is 6.61 Å². The van der Waals surface area contributed by atoms with E-state index in [2.05, 4.69) is 9.97 Å². The molecule has 0 atom stereocenters. The Morgan fingerprint density at radius 2 is 2.33 bits per heavy atom. The number of nitrogens with zero attached hydrogens (tertiary/aromatic N) is 2. The average Bonchev–Trinajstić information content (AvgIpc) is 2.20. The molecule has 1 N–H and O–H groups in total. The second-order valence-electron chi connectivity index (χ2n) is 3.18. The van der Waals surface area contributed by atoms with Crippen molar-refractivity contribution >= 4 is 5.97 Å². The fourth-order valence-electron chi connectivity index (χ4n) is 1.07. The van der Waals surface area contributed by atoms with Crippen LogP contribution in [0.3, 0.4) is 0 Å². The van der Waals surface area contributed by atoms with Gasteiger partial charge in [0.25, 0.3) is 0 Å². The summed E-state index contributed by atoms with van der Waals surface area (Å²) in [5, 5.41) is 8.83. The van der Waals surface area contributed by atoms with Crippen LogP contribution in [0.15, 0.2) is 6.20 Å². The van der Waals surface area contributed by atoms with E-state index in [1.54, 1.807) is 6.92 Å². The molecule has 0 bridgehead atoms. The van der Waals surface area contributed by atoms with Gasteiger partial charge in [-0.15, -0.1) is 0 Å². The summed E-state index contributed by atoms with van der Waals surface area (Å²) >= 11 is 0. The third-order valence-electron chi connectivity index (χ3n) is 1.80. The predicted molar refractivity (Wildman–Crippen MR) is 53.7 cm³/mol. The summed E-state index contributed by atoms with van der Waals surface area (Å²) in [7, 11) is 0. The number of aromatic nitrogens is 2. The van der Waals surface area contributed by atoms with Crippen molar-refractivity contribution < 1.29 is 14.6 Å². The summed E-state index contributed by atoms with van der Waals surface area (Å²) in [4.78, 5) is 18.7. The first-order valence-corrected chi connectivity index (χ1v) is 4.78. The van der Waals surface area contributed by atoms with Crippen molar-refractivity contribution in [3.63, 3.8) is 0 Å². The quantitative estimate of drug-likeness (QED) is 0.744. The molecule has 1 rings (SSSR count). The highest BCUT2D eigenvalue weighted by Crippen LogP contribution is 2.04. The monoisotopic (exact) mass is 210 g/mol. The molecule has 1 aromatic rings. The van der Waals surface area contributed by atoms with Crippen molar-refractivity contribution in [2.24, 2.45) is 0 Å². The van der Waals surface area contributed by atoms with E-state index >= 15 is 0 Å². The van der Waals surface area contributed by atoms with Crippen molar-refractivity contribution in [1.82, 2.24) is 9.97 Å². The molecule has 0 aliphatic heterocycles. The Bertz CT molecular complexity index is 353. The Morgan fingerprint density at radius 3 is 2.93 bits per heavy atom. The standard InChI is InChI=1S/C10H14N2O3/c1-3-4-15-6-8-11-5-7(2)9(12-8)10(13)14/h5H,3-4,6H2,1-2H3,(H,13,14). The fraction of sp³-hybridized carbons (Fsp3) is 0.500. The summed E-state index contributed by atoms with van der Waals surface area (Å²) in [6.07, 6.45) is 2.42. The van der Waals surface area contributed by atoms with Gasteiger partial charge < -0.3 is 9.84 Å². The Labute approximate surface area is 88.1 Å². The van der Waals surface area contributed by atoms with Crippen LogP contribution in [0.5, 0.6) is 0 Å². The molecule has 0 aliphatic rings. The van der Waals surface area contributed by atoms with Crippen LogP contribution in [-0.4, -0.2) is 27.7 Å². The highest BCUT2D eigenvalue weighted by molar-refractivity contribution is 5.86. The average molecular weight is 210 g/mol. The van der Waals surface area contributed by atoms with Gasteiger partial charge in [0.1, 0.15) is 6.61 Å². The second kappa shape index (κ2) is 5.41. The van der Waals surface area contributed by atoms with Gasteiger partial charge in [0, 0.05) is 18.4 Å². The zero-order valence-corrected chi connectivity index (χ0v) is 8.86. The number of hydrogen-bond acceptors (Lipinski definition) is 4. The van der Waals surface area contributed by atoms with Gasteiger partial charge in [-0.25, -0.2) is 14.8 Å². The Balaban J connectivity index is 2.74. The minimum absolute atomic E-state index is 0.0418. The van der Waals surface area contributed by atoms with Crippen LogP contribution in [0.2, 0.25) is 0 Å². The van der Waals surface area contributed by atoms with Gasteiger partial charge in [0.15, 0.2) is 11.5 Å². The lowest BCUT2D eigenvalue weighted by Crippen LogP contribution is -2.09. The van der Waals surface area contributed by atoms with E-state index in [0.29, 0.717) is 18.0 Å². The van der Waals surface area contributed by atoms with Gasteiger partial charge in [-0.3, -0.25) is 0 Å². The van der Waals surface area contributed by atoms with Crippen LogP contribution >= 0.6 is 0 Å². The van der Waals surface area contributed by atoms with E-state index in [0.717, 1.165) is 6.42 Å². The minimum Gasteiger partial charge on any atom is -0.477 e. The van der Waals surface area contributed by atoms with Gasteiger partial charge in [0.2, 0.25) is 0 Å². The zero-order chi connectivity index (χ0) is 11.3. The van der Waals surface area contributed by atoms with Crippen molar-refractivity contribution in [2.45, 2.75) is 26.9 Å². The number of aryl methyl sites for hydroxylation is 1. The van der Waals surface area contributed by atoms with Crippen molar-refractivity contribution in [3.8, 4) is 0 Å². The van der Waals surface area contributed by atoms with Gasteiger partial charge in [-0.05, 0) is 13.3 Å². The molecule has 0 fully saturated rings. The van der Waals surface area contributed by atoms with Crippen LogP contribution in [0, 0.1) is 6.92 Å². The molecule has 82 valence electrons. The Hall–Kier alpha value is -1.49. The molecule has 0 spiro atoms. The molecule has 0 radical (unpaired) electrons. The topological polar surface area (TPSA) is 72.3 Å². The van der Waals surface area contributed by atoms with Crippen LogP contribution < -0.4 is 0 Å². The second-order valence-corrected chi connectivity index (χ2v) is 3.18. The molecule has 0 saturated heterocycles. The number of ether oxygens (including phenoxy) is 1. The number of aromatic carboxylic acids is 1. The van der Waals surface area contributed by atoms with Gasteiger partial charge in [-0.2, -0.15) is 0 Å². The summed E-state index contributed by atoms with van der Waals surface area (Å²) in [6.45, 7) is 4.55. The number of rotatable bonds is 5. The Kier molecular flexibility index (Phi) is 4.17. The maximum atomic E-state index is 10.8. The zero-order valence-electron chi connectivity index (χ0n) is 8.86. The lowest BCUT2D eigenvalue weighted by molar-refractivity contribution is 0.0687. The first-order valence-electron chi connectivity index (χ1n) is 4.78. The normalized spacial score (nSPS) is 10.3. The van der Waals surface area contributed by atoms with Gasteiger partial charge in [-0.1, -0.05) is 6.92 Å². The number of carbonyl (C=O) groups is 1. The highest BCUT2D eigenvalue weighted by atomic mass is 16.5. The molecule has 5 heteroatoms. The number of carboxylic acid groups (broad SMARTS) is 1. The van der Waals surface area contributed by atoms with E-state index in [4.69, 9.17) is 9.84 Å². The predicted octanol–water partition coefficient (Wildman–Crippen LogP) is 1.41. The highest BCUT2D eigenvalue weighted by Gasteiger charge is 2.10. The lowest BCUT2D eigenvalue weighted by Gasteiger charge is -2.04. The molecular weight excluding hydrogens is 196 g/mol. The van der Waals surface area contributed by atoms with E-state index in [-0.39, 0.29) is 12.3 Å². The van der Waals surface area contributed by atoms with Crippen molar-refractivity contribution in [3.05, 3.63) is 23.3 Å². The maximum Gasteiger partial charge on any atom is 0.354 e. The molecular formula is C10H14N2O3. The van der Waals surface area contributed by atoms with Gasteiger partial charge >= 0.3 is 5.97 Å². The number of hydrogen-bond donors (Lipinski definition) is 1. The molecule has 0 aliphatic carbocycles. The molecule has 0 amide bonds. The molecule has 15 heavy (non-hydrogen) atoms. The molecule has 0 unspecified atom stereocenters. The van der Waals surface area contributed by atoms with E-state index in [1.807, 2.05) is 6.92 Å². The summed E-state index contributed by atoms with van der Waals surface area (Å²) in [5.74, 6) is -0.627. The van der Waals surface area contributed by atoms with E-state index < -0.39 is 5.97 Å². The lowest BCUT2D eigenvalue weighted by atomic mass is 10.2. The number of carboxylic acids is 1. The first-order chi connectivity index (χ1) is 7.15. The van der Waals surface area contributed by atoms with Crippen LogP contribution in [0.1, 0.15) is 35.2 Å². The van der Waals surface area contributed by atoms with Gasteiger partial charge in [0.05, 0.1) is 0 Å². The van der Waals surface area contributed by atoms with Crippen LogP contribution in [0.25, 0.3) is 0 Å². The molecule has 0 saturated carbocycles. The molecule has 0 aromatic carbocycles. The summed E-state index contributed by atoms with van der Waals surface area (Å²) < 4.78 is 5.23. The smallest absolute Gasteiger partial charge is 0.354 e. The minimum atomic E-state index is -1.04. The SMILES string of the molecule is CCCOCc1ncc(C)c(C(=O)O)n1. The largest absolute Gasteiger partial charge is 0.477 e. The molecule has 5 nitrogen and oxygen atoms in total. The van der Waals surface area contributed by atoms with E-state index in [9.17, 15) is 4.79 Å². The summed E-state index contributed by atoms with van der Waals surface area (Å²) in [6, 6.07) is 0. The fourth-order valence-corrected chi connectivity index (χ4v) is 1.07. The van der Waals surface area contributed by atoms with Crippen molar-refractivity contribution in [1.29, 1.82) is 0 Å².